The van der Waals surface area contributed by atoms with E-state index in [-0.39, 0.29) is 6.42 Å². The molecule has 84 valence electrons. The molecule has 8 heteroatoms. The molecule has 0 saturated carbocycles. The van der Waals surface area contributed by atoms with Gasteiger partial charge >= 0.3 is 5.97 Å². The minimum Gasteiger partial charge on any atom is -0.481 e. The smallest absolute Gasteiger partial charge is 0.308 e. The van der Waals surface area contributed by atoms with Crippen LogP contribution >= 0.6 is 34.6 Å². The lowest BCUT2D eigenvalue weighted by atomic mass is 10.3. The number of thiazole rings is 1. The van der Waals surface area contributed by atoms with Gasteiger partial charge in [-0.05, 0) is 30.2 Å². The van der Waals surface area contributed by atoms with E-state index in [2.05, 4.69) is 14.3 Å². The van der Waals surface area contributed by atoms with Crippen molar-refractivity contribution in [3.05, 3.63) is 16.9 Å². The third kappa shape index (κ3) is 2.77. The molecular weight excluding hydrogens is 266 g/mol. The Balaban J connectivity index is 2.14. The van der Waals surface area contributed by atoms with Crippen molar-refractivity contribution in [3.63, 3.8) is 0 Å². The molecule has 0 radical (unpaired) electrons. The molecule has 0 aliphatic heterocycles. The Morgan fingerprint density at radius 3 is 3.00 bits per heavy atom. The van der Waals surface area contributed by atoms with Gasteiger partial charge in [0.05, 0.1) is 12.1 Å². The molecule has 2 aromatic heterocycles. The second-order valence-corrected chi connectivity index (χ2v) is 6.23. The van der Waals surface area contributed by atoms with Crippen LogP contribution < -0.4 is 0 Å². The summed E-state index contributed by atoms with van der Waals surface area (Å²) in [5, 5.41) is 8.71. The molecule has 2 aromatic rings. The first-order valence-electron chi connectivity index (χ1n) is 4.28. The van der Waals surface area contributed by atoms with E-state index in [1.54, 1.807) is 0 Å². The minimum atomic E-state index is -0.834. The van der Waals surface area contributed by atoms with Crippen LogP contribution in [0, 0.1) is 6.92 Å². The Kier molecular flexibility index (Phi) is 3.52. The largest absolute Gasteiger partial charge is 0.481 e. The number of aliphatic carboxylic acids is 1. The monoisotopic (exact) mass is 273 g/mol. The number of rotatable bonds is 4. The van der Waals surface area contributed by atoms with Crippen molar-refractivity contribution in [1.29, 1.82) is 0 Å². The number of hydrogen-bond donors (Lipinski definition) is 1. The summed E-state index contributed by atoms with van der Waals surface area (Å²) in [6.45, 7) is 1.82. The standard InChI is InChI=1S/C8H7N3O2S3/c1-4-5(2-6(12)13)14-8(11-4)15-7-9-3-10-16-7/h3H,2H2,1H3,(H,12,13). The Morgan fingerprint density at radius 1 is 1.56 bits per heavy atom. The third-order valence-corrected chi connectivity index (χ3v) is 4.63. The maximum atomic E-state index is 10.6. The summed E-state index contributed by atoms with van der Waals surface area (Å²) in [5.41, 5.74) is 0.777. The molecule has 2 heterocycles. The fourth-order valence-corrected chi connectivity index (χ4v) is 3.90. The molecule has 0 saturated heterocycles. The minimum absolute atomic E-state index is 0.0280. The zero-order chi connectivity index (χ0) is 11.5. The van der Waals surface area contributed by atoms with E-state index in [9.17, 15) is 4.79 Å². The first-order valence-corrected chi connectivity index (χ1v) is 6.68. The average molecular weight is 273 g/mol. The van der Waals surface area contributed by atoms with Crippen LogP contribution in [0.25, 0.3) is 0 Å². The number of carboxylic acid groups (broad SMARTS) is 1. The van der Waals surface area contributed by atoms with Crippen LogP contribution in [0.5, 0.6) is 0 Å². The van der Waals surface area contributed by atoms with Crippen molar-refractivity contribution in [2.24, 2.45) is 0 Å². The summed E-state index contributed by atoms with van der Waals surface area (Å²) < 4.78 is 5.51. The number of aryl methyl sites for hydroxylation is 1. The van der Waals surface area contributed by atoms with Crippen molar-refractivity contribution >= 4 is 40.6 Å². The van der Waals surface area contributed by atoms with Crippen LogP contribution in [-0.2, 0) is 11.2 Å². The van der Waals surface area contributed by atoms with Crippen molar-refractivity contribution in [1.82, 2.24) is 14.3 Å². The third-order valence-electron chi connectivity index (χ3n) is 1.70. The highest BCUT2D eigenvalue weighted by molar-refractivity contribution is 8.02. The molecule has 0 bridgehead atoms. The Morgan fingerprint density at radius 2 is 2.38 bits per heavy atom. The van der Waals surface area contributed by atoms with Gasteiger partial charge in [0, 0.05) is 4.88 Å². The Labute approximate surface area is 104 Å². The van der Waals surface area contributed by atoms with E-state index >= 15 is 0 Å². The summed E-state index contributed by atoms with van der Waals surface area (Å²) in [6, 6.07) is 0. The van der Waals surface area contributed by atoms with Crippen LogP contribution in [0.3, 0.4) is 0 Å². The molecule has 0 spiro atoms. The molecule has 0 fully saturated rings. The van der Waals surface area contributed by atoms with Gasteiger partial charge in [-0.1, -0.05) is 0 Å². The number of aromatic nitrogens is 3. The molecule has 16 heavy (non-hydrogen) atoms. The van der Waals surface area contributed by atoms with E-state index < -0.39 is 5.97 Å². The lowest BCUT2D eigenvalue weighted by molar-refractivity contribution is -0.136. The second-order valence-electron chi connectivity index (χ2n) is 2.87. The van der Waals surface area contributed by atoms with Gasteiger partial charge in [-0.3, -0.25) is 4.79 Å². The number of carbonyl (C=O) groups is 1. The van der Waals surface area contributed by atoms with Crippen molar-refractivity contribution in [3.8, 4) is 0 Å². The zero-order valence-corrected chi connectivity index (χ0v) is 10.7. The fourth-order valence-electron chi connectivity index (χ4n) is 1.03. The van der Waals surface area contributed by atoms with Gasteiger partial charge in [0.1, 0.15) is 6.33 Å². The molecule has 0 aromatic carbocycles. The predicted molar refractivity (Wildman–Crippen MR) is 62.2 cm³/mol. The molecule has 2 rings (SSSR count). The Hall–Kier alpha value is -0.990. The van der Waals surface area contributed by atoms with Crippen LogP contribution in [0.4, 0.5) is 0 Å². The van der Waals surface area contributed by atoms with E-state index in [1.807, 2.05) is 6.92 Å². The van der Waals surface area contributed by atoms with E-state index in [0.29, 0.717) is 0 Å². The van der Waals surface area contributed by atoms with Gasteiger partial charge in [0.15, 0.2) is 8.68 Å². The van der Waals surface area contributed by atoms with Crippen molar-refractivity contribution < 1.29 is 9.90 Å². The van der Waals surface area contributed by atoms with Gasteiger partial charge in [-0.25, -0.2) is 9.97 Å². The number of hydrogen-bond acceptors (Lipinski definition) is 7. The molecule has 0 amide bonds. The molecule has 0 aliphatic carbocycles. The molecule has 0 atom stereocenters. The molecule has 0 unspecified atom stereocenters. The van der Waals surface area contributed by atoms with E-state index in [4.69, 9.17) is 5.11 Å². The van der Waals surface area contributed by atoms with Crippen molar-refractivity contribution in [2.45, 2.75) is 22.0 Å². The Bertz CT molecular complexity index is 495. The SMILES string of the molecule is Cc1nc(Sc2ncns2)sc1CC(=O)O. The molecule has 5 nitrogen and oxygen atoms in total. The summed E-state index contributed by atoms with van der Waals surface area (Å²) in [4.78, 5) is 19.7. The second kappa shape index (κ2) is 4.89. The summed E-state index contributed by atoms with van der Waals surface area (Å²) >= 11 is 4.11. The van der Waals surface area contributed by atoms with Gasteiger partial charge in [0.25, 0.3) is 0 Å². The maximum absolute atomic E-state index is 10.6. The summed E-state index contributed by atoms with van der Waals surface area (Å²) in [6.07, 6.45) is 1.52. The number of nitrogens with zero attached hydrogens (tertiary/aromatic N) is 3. The quantitative estimate of drug-likeness (QED) is 0.919. The zero-order valence-electron chi connectivity index (χ0n) is 8.21. The lowest BCUT2D eigenvalue weighted by Crippen LogP contribution is -1.99. The molecular formula is C8H7N3O2S3. The highest BCUT2D eigenvalue weighted by Crippen LogP contribution is 2.33. The van der Waals surface area contributed by atoms with Crippen LogP contribution in [0.15, 0.2) is 15.0 Å². The highest BCUT2D eigenvalue weighted by Gasteiger charge is 2.12. The summed E-state index contributed by atoms with van der Waals surface area (Å²) in [7, 11) is 0. The molecule has 1 N–H and O–H groups in total. The first-order chi connectivity index (χ1) is 7.65. The average Bonchev–Trinajstić information content (AvgIpc) is 2.78. The van der Waals surface area contributed by atoms with Gasteiger partial charge in [-0.15, -0.1) is 11.3 Å². The number of carboxylic acids is 1. The van der Waals surface area contributed by atoms with Gasteiger partial charge in [0.2, 0.25) is 0 Å². The lowest BCUT2D eigenvalue weighted by Gasteiger charge is -1.89. The van der Waals surface area contributed by atoms with Crippen LogP contribution in [0.2, 0.25) is 0 Å². The van der Waals surface area contributed by atoms with Crippen LogP contribution in [-0.4, -0.2) is 25.4 Å². The highest BCUT2D eigenvalue weighted by atomic mass is 32.2. The fraction of sp³-hybridized carbons (Fsp3) is 0.250. The predicted octanol–water partition coefficient (Wildman–Crippen LogP) is 2.08. The van der Waals surface area contributed by atoms with Crippen LogP contribution in [0.1, 0.15) is 10.6 Å². The van der Waals surface area contributed by atoms with E-state index in [1.165, 1.54) is 41.0 Å². The van der Waals surface area contributed by atoms with E-state index in [0.717, 1.165) is 19.3 Å². The van der Waals surface area contributed by atoms with Crippen molar-refractivity contribution in [2.75, 3.05) is 0 Å². The van der Waals surface area contributed by atoms with Gasteiger partial charge < -0.3 is 5.11 Å². The summed E-state index contributed by atoms with van der Waals surface area (Å²) in [5.74, 6) is -0.834. The topological polar surface area (TPSA) is 76.0 Å². The normalized spacial score (nSPS) is 10.6. The first kappa shape index (κ1) is 11.5. The van der Waals surface area contributed by atoms with Gasteiger partial charge in [-0.2, -0.15) is 4.37 Å². The maximum Gasteiger partial charge on any atom is 0.308 e. The molecule has 0 aliphatic rings.